The number of nitrogens with zero attached hydrogens (tertiary/aromatic N) is 3. The lowest BCUT2D eigenvalue weighted by atomic mass is 10.2. The van der Waals surface area contributed by atoms with Crippen LogP contribution in [0, 0.1) is 0 Å². The van der Waals surface area contributed by atoms with E-state index in [-0.39, 0.29) is 6.04 Å². The van der Waals surface area contributed by atoms with Crippen molar-refractivity contribution >= 4 is 5.97 Å². The summed E-state index contributed by atoms with van der Waals surface area (Å²) in [6.45, 7) is 3.54. The molecule has 21 heavy (non-hydrogen) atoms. The third-order valence-corrected chi connectivity index (χ3v) is 3.68. The number of rotatable bonds is 5. The Bertz CT molecular complexity index is 646. The summed E-state index contributed by atoms with van der Waals surface area (Å²) in [4.78, 5) is 11.4. The van der Waals surface area contributed by atoms with Gasteiger partial charge in [-0.1, -0.05) is 0 Å². The van der Waals surface area contributed by atoms with E-state index in [1.54, 1.807) is 6.07 Å². The maximum atomic E-state index is 11.4. The summed E-state index contributed by atoms with van der Waals surface area (Å²) in [6.07, 6.45) is 3.54. The Kier molecular flexibility index (Phi) is 3.74. The van der Waals surface area contributed by atoms with Gasteiger partial charge in [0.2, 0.25) is 0 Å². The van der Waals surface area contributed by atoms with Gasteiger partial charge in [0.15, 0.2) is 0 Å². The summed E-state index contributed by atoms with van der Waals surface area (Å²) in [5.41, 5.74) is 0.422. The summed E-state index contributed by atoms with van der Waals surface area (Å²) in [6, 6.07) is 1.75. The largest absolute Gasteiger partial charge is 0.467 e. The molecule has 1 aliphatic heterocycles. The van der Waals surface area contributed by atoms with Gasteiger partial charge in [0.25, 0.3) is 0 Å². The van der Waals surface area contributed by atoms with Crippen LogP contribution in [0.2, 0.25) is 0 Å². The Morgan fingerprint density at radius 3 is 3.24 bits per heavy atom. The highest BCUT2D eigenvalue weighted by molar-refractivity contribution is 5.88. The zero-order chi connectivity index (χ0) is 14.8. The highest BCUT2D eigenvalue weighted by atomic mass is 16.5. The summed E-state index contributed by atoms with van der Waals surface area (Å²) < 4.78 is 12.2. The molecular weight excluding hydrogens is 272 g/mol. The molecule has 7 heteroatoms. The number of aromatic nitrogens is 3. The molecule has 0 aliphatic carbocycles. The maximum Gasteiger partial charge on any atom is 0.341 e. The number of hydrogen-bond donors (Lipinski definition) is 1. The fourth-order valence-corrected chi connectivity index (χ4v) is 2.54. The molecule has 112 valence electrons. The van der Waals surface area contributed by atoms with Gasteiger partial charge in [-0.05, 0) is 19.4 Å². The van der Waals surface area contributed by atoms with E-state index in [4.69, 9.17) is 4.42 Å². The van der Waals surface area contributed by atoms with Crippen LogP contribution in [-0.4, -0.2) is 27.8 Å². The van der Waals surface area contributed by atoms with Crippen LogP contribution >= 0.6 is 0 Å². The lowest BCUT2D eigenvalue weighted by Crippen LogP contribution is -2.21. The van der Waals surface area contributed by atoms with Gasteiger partial charge in [-0.15, -0.1) is 10.2 Å². The highest BCUT2D eigenvalue weighted by Gasteiger charge is 2.21. The number of carbonyl (C=O) groups excluding carboxylic acids is 1. The van der Waals surface area contributed by atoms with Gasteiger partial charge in [-0.25, -0.2) is 4.79 Å². The molecule has 0 fully saturated rings. The minimum atomic E-state index is -0.395. The van der Waals surface area contributed by atoms with Gasteiger partial charge in [-0.3, -0.25) is 0 Å². The Hall–Kier alpha value is -2.15. The number of carbonyl (C=O) groups is 1. The average Bonchev–Trinajstić information content (AvgIpc) is 3.19. The maximum absolute atomic E-state index is 11.4. The van der Waals surface area contributed by atoms with Crippen LogP contribution in [-0.2, 0) is 24.2 Å². The molecule has 0 aromatic carbocycles. The lowest BCUT2D eigenvalue weighted by Gasteiger charge is -2.12. The topological polar surface area (TPSA) is 82.2 Å². The van der Waals surface area contributed by atoms with E-state index in [2.05, 4.69) is 24.8 Å². The predicted molar refractivity (Wildman–Crippen MR) is 73.6 cm³/mol. The minimum absolute atomic E-state index is 0.0658. The highest BCUT2D eigenvalue weighted by Crippen LogP contribution is 2.19. The molecule has 0 amide bonds. The first-order valence-corrected chi connectivity index (χ1v) is 7.00. The molecule has 1 unspecified atom stereocenters. The van der Waals surface area contributed by atoms with Gasteiger partial charge in [0.05, 0.1) is 25.3 Å². The van der Waals surface area contributed by atoms with Gasteiger partial charge in [0.1, 0.15) is 23.7 Å². The quantitative estimate of drug-likeness (QED) is 0.839. The van der Waals surface area contributed by atoms with Gasteiger partial charge >= 0.3 is 5.97 Å². The Morgan fingerprint density at radius 2 is 2.43 bits per heavy atom. The van der Waals surface area contributed by atoms with Crippen LogP contribution in [0.4, 0.5) is 0 Å². The number of methoxy groups -OCH3 is 1. The van der Waals surface area contributed by atoms with E-state index < -0.39 is 5.97 Å². The SMILES string of the molecule is COC(=O)c1coc(CNC(C)c2nnc3n2CCC3)c1. The van der Waals surface area contributed by atoms with Crippen molar-refractivity contribution in [3.63, 3.8) is 0 Å². The molecule has 0 bridgehead atoms. The summed E-state index contributed by atoms with van der Waals surface area (Å²) in [5, 5.41) is 11.8. The fourth-order valence-electron chi connectivity index (χ4n) is 2.54. The van der Waals surface area contributed by atoms with Gasteiger partial charge in [0, 0.05) is 13.0 Å². The van der Waals surface area contributed by atoms with Gasteiger partial charge in [-0.2, -0.15) is 0 Å². The van der Waals surface area contributed by atoms with E-state index in [1.807, 2.05) is 6.92 Å². The van der Waals surface area contributed by atoms with Crippen LogP contribution in [0.5, 0.6) is 0 Å². The third-order valence-electron chi connectivity index (χ3n) is 3.68. The normalized spacial score (nSPS) is 15.0. The van der Waals surface area contributed by atoms with E-state index in [1.165, 1.54) is 13.4 Å². The number of furan rings is 1. The zero-order valence-electron chi connectivity index (χ0n) is 12.1. The van der Waals surface area contributed by atoms with Crippen molar-refractivity contribution in [3.05, 3.63) is 35.3 Å². The molecule has 3 heterocycles. The first kappa shape index (κ1) is 13.8. The van der Waals surface area contributed by atoms with Crippen molar-refractivity contribution in [1.82, 2.24) is 20.1 Å². The summed E-state index contributed by atoms with van der Waals surface area (Å²) >= 11 is 0. The van der Waals surface area contributed by atoms with Crippen molar-refractivity contribution in [2.24, 2.45) is 0 Å². The van der Waals surface area contributed by atoms with Crippen molar-refractivity contribution in [1.29, 1.82) is 0 Å². The van der Waals surface area contributed by atoms with Crippen molar-refractivity contribution in [2.45, 2.75) is 38.9 Å². The van der Waals surface area contributed by atoms with E-state index in [0.29, 0.717) is 17.9 Å². The smallest absolute Gasteiger partial charge is 0.341 e. The first-order chi connectivity index (χ1) is 10.2. The Balaban J connectivity index is 1.62. The molecule has 0 radical (unpaired) electrons. The van der Waals surface area contributed by atoms with Crippen LogP contribution in [0.1, 0.15) is 47.2 Å². The number of aryl methyl sites for hydroxylation is 1. The number of nitrogens with one attached hydrogen (secondary N) is 1. The molecule has 1 atom stereocenters. The van der Waals surface area contributed by atoms with Crippen LogP contribution < -0.4 is 5.32 Å². The molecule has 0 saturated carbocycles. The number of fused-ring (bicyclic) bond motifs is 1. The number of esters is 1. The van der Waals surface area contributed by atoms with E-state index >= 15 is 0 Å². The van der Waals surface area contributed by atoms with E-state index in [0.717, 1.165) is 31.0 Å². The minimum Gasteiger partial charge on any atom is -0.467 e. The van der Waals surface area contributed by atoms with Gasteiger partial charge < -0.3 is 19.0 Å². The zero-order valence-corrected chi connectivity index (χ0v) is 12.1. The van der Waals surface area contributed by atoms with Crippen molar-refractivity contribution in [2.75, 3.05) is 7.11 Å². The molecule has 2 aromatic rings. The predicted octanol–water partition coefficient (Wildman–Crippen LogP) is 1.45. The molecule has 2 aromatic heterocycles. The molecular formula is C14H18N4O3. The Morgan fingerprint density at radius 1 is 1.57 bits per heavy atom. The Labute approximate surface area is 122 Å². The van der Waals surface area contributed by atoms with Crippen LogP contribution in [0.25, 0.3) is 0 Å². The second-order valence-electron chi connectivity index (χ2n) is 5.13. The van der Waals surface area contributed by atoms with Crippen molar-refractivity contribution in [3.8, 4) is 0 Å². The number of hydrogen-bond acceptors (Lipinski definition) is 6. The number of ether oxygens (including phenoxy) is 1. The first-order valence-electron chi connectivity index (χ1n) is 7.00. The standard InChI is InChI=1S/C14H18N4O3/c1-9(13-17-16-12-4-3-5-18(12)13)15-7-11-6-10(8-21-11)14(19)20-2/h6,8-9,15H,3-5,7H2,1-2H3. The van der Waals surface area contributed by atoms with Crippen LogP contribution in [0.15, 0.2) is 16.7 Å². The summed E-state index contributed by atoms with van der Waals surface area (Å²) in [5.74, 6) is 2.30. The van der Waals surface area contributed by atoms with Crippen molar-refractivity contribution < 1.29 is 13.9 Å². The molecule has 1 aliphatic rings. The molecule has 0 saturated heterocycles. The van der Waals surface area contributed by atoms with Crippen LogP contribution in [0.3, 0.4) is 0 Å². The lowest BCUT2D eigenvalue weighted by molar-refractivity contribution is 0.0600. The molecule has 7 nitrogen and oxygen atoms in total. The molecule has 1 N–H and O–H groups in total. The van der Waals surface area contributed by atoms with E-state index in [9.17, 15) is 4.79 Å². The fraction of sp³-hybridized carbons (Fsp3) is 0.500. The second-order valence-corrected chi connectivity index (χ2v) is 5.13. The average molecular weight is 290 g/mol. The third kappa shape index (κ3) is 2.69. The molecule has 0 spiro atoms. The second kappa shape index (κ2) is 5.69. The monoisotopic (exact) mass is 290 g/mol. The molecule has 3 rings (SSSR count). The summed E-state index contributed by atoms with van der Waals surface area (Å²) in [7, 11) is 1.35.